The minimum atomic E-state index is -0.572. The van der Waals surface area contributed by atoms with E-state index in [-0.39, 0.29) is 11.4 Å². The molecule has 0 aliphatic rings. The first-order valence-electron chi connectivity index (χ1n) is 7.03. The summed E-state index contributed by atoms with van der Waals surface area (Å²) in [5.74, 6) is 1.82. The Hall–Kier alpha value is -1.31. The Morgan fingerprint density at radius 3 is 2.68 bits per heavy atom. The summed E-state index contributed by atoms with van der Waals surface area (Å²) >= 11 is 3.66. The molecule has 0 unspecified atom stereocenters. The van der Waals surface area contributed by atoms with E-state index in [0.29, 0.717) is 6.54 Å². The number of rotatable bonds is 8. The van der Waals surface area contributed by atoms with Crippen molar-refractivity contribution in [3.05, 3.63) is 41.8 Å². The van der Waals surface area contributed by atoms with E-state index in [2.05, 4.69) is 37.3 Å². The maximum Gasteiger partial charge on any atom is 0.253 e. The molecular formula is C15H21N3O2S2. The third-order valence-electron chi connectivity index (χ3n) is 3.27. The Balaban J connectivity index is 1.73. The SMILES string of the molecule is Cc1cc(CSCCNc2c(N)c(=O)c2=O)sc1CN(C)C. The number of aryl methyl sites for hydroxylation is 1. The quantitative estimate of drug-likeness (QED) is 0.562. The summed E-state index contributed by atoms with van der Waals surface area (Å²) in [7, 11) is 4.15. The Labute approximate surface area is 138 Å². The number of hydrogen-bond donors (Lipinski definition) is 2. The standard InChI is InChI=1S/C15H21N3O2S2/c1-9-6-10(22-11(9)7-18(2)3)8-21-5-4-17-13-12(16)14(19)15(13)20/h6,17H,4-5,7-8,16H2,1-3H3. The van der Waals surface area contributed by atoms with Crippen LogP contribution in [0.1, 0.15) is 15.3 Å². The van der Waals surface area contributed by atoms with Crippen molar-refractivity contribution >= 4 is 34.5 Å². The molecule has 0 aliphatic carbocycles. The maximum atomic E-state index is 11.2. The molecule has 0 bridgehead atoms. The molecule has 22 heavy (non-hydrogen) atoms. The zero-order chi connectivity index (χ0) is 16.3. The second-order valence-corrected chi connectivity index (χ2v) is 7.81. The lowest BCUT2D eigenvalue weighted by Gasteiger charge is -2.09. The van der Waals surface area contributed by atoms with Gasteiger partial charge in [0.1, 0.15) is 11.4 Å². The zero-order valence-electron chi connectivity index (χ0n) is 13.1. The van der Waals surface area contributed by atoms with Crippen molar-refractivity contribution in [1.29, 1.82) is 0 Å². The van der Waals surface area contributed by atoms with Crippen LogP contribution in [0.5, 0.6) is 0 Å². The van der Waals surface area contributed by atoms with Gasteiger partial charge in [-0.3, -0.25) is 9.59 Å². The number of nitrogen functional groups attached to an aromatic ring is 1. The van der Waals surface area contributed by atoms with E-state index in [1.807, 2.05) is 11.3 Å². The van der Waals surface area contributed by atoms with Crippen LogP contribution < -0.4 is 21.9 Å². The highest BCUT2D eigenvalue weighted by Crippen LogP contribution is 2.26. The maximum absolute atomic E-state index is 11.2. The van der Waals surface area contributed by atoms with Gasteiger partial charge in [-0.15, -0.1) is 11.3 Å². The van der Waals surface area contributed by atoms with Crippen LogP contribution in [0.3, 0.4) is 0 Å². The van der Waals surface area contributed by atoms with Gasteiger partial charge in [0.2, 0.25) is 0 Å². The number of nitrogens with two attached hydrogens (primary N) is 1. The van der Waals surface area contributed by atoms with Gasteiger partial charge in [-0.25, -0.2) is 0 Å². The van der Waals surface area contributed by atoms with Crippen LogP contribution in [-0.2, 0) is 12.3 Å². The van der Waals surface area contributed by atoms with Crippen molar-refractivity contribution in [1.82, 2.24) is 4.90 Å². The molecule has 0 radical (unpaired) electrons. The van der Waals surface area contributed by atoms with Crippen LogP contribution in [0.2, 0.25) is 0 Å². The van der Waals surface area contributed by atoms with E-state index in [0.717, 1.165) is 18.1 Å². The number of thiophene rings is 1. The fourth-order valence-electron chi connectivity index (χ4n) is 2.11. The van der Waals surface area contributed by atoms with Crippen molar-refractivity contribution in [2.75, 3.05) is 37.4 Å². The zero-order valence-corrected chi connectivity index (χ0v) is 14.7. The van der Waals surface area contributed by atoms with E-state index in [1.54, 1.807) is 11.8 Å². The fraction of sp³-hybridized carbons (Fsp3) is 0.467. The molecule has 3 N–H and O–H groups in total. The lowest BCUT2D eigenvalue weighted by Crippen LogP contribution is -2.37. The first kappa shape index (κ1) is 17.1. The van der Waals surface area contributed by atoms with Gasteiger partial charge in [0.25, 0.3) is 10.9 Å². The third kappa shape index (κ3) is 3.91. The first-order chi connectivity index (χ1) is 10.4. The van der Waals surface area contributed by atoms with E-state index in [1.165, 1.54) is 15.3 Å². The summed E-state index contributed by atoms with van der Waals surface area (Å²) in [5.41, 5.74) is 6.09. The largest absolute Gasteiger partial charge is 0.394 e. The summed E-state index contributed by atoms with van der Waals surface area (Å²) in [6, 6.07) is 2.25. The van der Waals surface area contributed by atoms with Crippen LogP contribution >= 0.6 is 23.1 Å². The van der Waals surface area contributed by atoms with Crippen LogP contribution in [0.4, 0.5) is 11.4 Å². The molecule has 7 heteroatoms. The number of nitrogens with one attached hydrogen (secondary N) is 1. The molecule has 1 heterocycles. The lowest BCUT2D eigenvalue weighted by atomic mass is 10.2. The molecule has 120 valence electrons. The third-order valence-corrected chi connectivity index (χ3v) is 5.68. The minimum Gasteiger partial charge on any atom is -0.394 e. The number of thioether (sulfide) groups is 1. The average molecular weight is 339 g/mol. The fourth-order valence-corrected chi connectivity index (χ4v) is 4.37. The second kappa shape index (κ2) is 7.30. The Morgan fingerprint density at radius 2 is 2.05 bits per heavy atom. The summed E-state index contributed by atoms with van der Waals surface area (Å²) in [5, 5.41) is 2.94. The highest BCUT2D eigenvalue weighted by molar-refractivity contribution is 7.98. The summed E-state index contributed by atoms with van der Waals surface area (Å²) in [4.78, 5) is 27.2. The van der Waals surface area contributed by atoms with Crippen LogP contribution in [-0.4, -0.2) is 31.3 Å². The summed E-state index contributed by atoms with van der Waals surface area (Å²) in [6.07, 6.45) is 0. The van der Waals surface area contributed by atoms with Gasteiger partial charge in [-0.2, -0.15) is 11.8 Å². The van der Waals surface area contributed by atoms with Crippen molar-refractivity contribution in [3.63, 3.8) is 0 Å². The van der Waals surface area contributed by atoms with E-state index < -0.39 is 10.9 Å². The number of hydrogen-bond acceptors (Lipinski definition) is 7. The Kier molecular flexibility index (Phi) is 5.66. The van der Waals surface area contributed by atoms with E-state index >= 15 is 0 Å². The molecule has 0 aliphatic heterocycles. The van der Waals surface area contributed by atoms with Gasteiger partial charge in [-0.1, -0.05) is 0 Å². The lowest BCUT2D eigenvalue weighted by molar-refractivity contribution is 0.405. The van der Waals surface area contributed by atoms with E-state index in [9.17, 15) is 9.59 Å². The van der Waals surface area contributed by atoms with Crippen molar-refractivity contribution in [2.45, 2.75) is 19.2 Å². The molecule has 5 nitrogen and oxygen atoms in total. The molecule has 0 fully saturated rings. The van der Waals surface area contributed by atoms with Crippen LogP contribution in [0, 0.1) is 6.92 Å². The summed E-state index contributed by atoms with van der Waals surface area (Å²) in [6.45, 7) is 3.76. The summed E-state index contributed by atoms with van der Waals surface area (Å²) < 4.78 is 0. The van der Waals surface area contributed by atoms with Crippen molar-refractivity contribution in [3.8, 4) is 0 Å². The molecule has 0 atom stereocenters. The molecule has 1 aromatic carbocycles. The second-order valence-electron chi connectivity index (χ2n) is 5.48. The van der Waals surface area contributed by atoms with Gasteiger partial charge in [-0.05, 0) is 32.6 Å². The molecular weight excluding hydrogens is 318 g/mol. The van der Waals surface area contributed by atoms with Crippen molar-refractivity contribution < 1.29 is 0 Å². The van der Waals surface area contributed by atoms with Crippen molar-refractivity contribution in [2.24, 2.45) is 0 Å². The number of anilines is 2. The van der Waals surface area contributed by atoms with Crippen LogP contribution in [0.15, 0.2) is 15.7 Å². The molecule has 0 saturated carbocycles. The highest BCUT2D eigenvalue weighted by Gasteiger charge is 2.16. The normalized spacial score (nSPS) is 11.5. The molecule has 0 spiro atoms. The Bertz CT molecular complexity index is 715. The molecule has 0 saturated heterocycles. The van der Waals surface area contributed by atoms with E-state index in [4.69, 9.17) is 5.73 Å². The van der Waals surface area contributed by atoms with Gasteiger partial charge >= 0.3 is 0 Å². The van der Waals surface area contributed by atoms with Gasteiger partial charge in [0, 0.05) is 34.3 Å². The predicted octanol–water partition coefficient (Wildman–Crippen LogP) is 1.64. The molecule has 1 aromatic heterocycles. The monoisotopic (exact) mass is 339 g/mol. The van der Waals surface area contributed by atoms with Crippen LogP contribution in [0.25, 0.3) is 0 Å². The van der Waals surface area contributed by atoms with Gasteiger partial charge in [0.15, 0.2) is 0 Å². The molecule has 0 amide bonds. The Morgan fingerprint density at radius 1 is 1.32 bits per heavy atom. The number of nitrogens with zero attached hydrogens (tertiary/aromatic N) is 1. The average Bonchev–Trinajstić information content (AvgIpc) is 2.81. The van der Waals surface area contributed by atoms with Gasteiger partial charge in [0.05, 0.1) is 0 Å². The van der Waals surface area contributed by atoms with Gasteiger partial charge < -0.3 is 16.0 Å². The highest BCUT2D eigenvalue weighted by atomic mass is 32.2. The smallest absolute Gasteiger partial charge is 0.253 e. The predicted molar refractivity (Wildman–Crippen MR) is 96.9 cm³/mol. The topological polar surface area (TPSA) is 75.4 Å². The molecule has 2 rings (SSSR count). The molecule has 2 aromatic rings. The first-order valence-corrected chi connectivity index (χ1v) is 9.00. The minimum absolute atomic E-state index is 0.0669.